The Balaban J connectivity index is 1.64. The van der Waals surface area contributed by atoms with Crippen molar-refractivity contribution in [2.75, 3.05) is 49.2 Å². The highest BCUT2D eigenvalue weighted by Crippen LogP contribution is 2.25. The van der Waals surface area contributed by atoms with Crippen LogP contribution in [0.5, 0.6) is 0 Å². The van der Waals surface area contributed by atoms with Crippen LogP contribution in [0.4, 0.5) is 11.9 Å². The van der Waals surface area contributed by atoms with Crippen LogP contribution < -0.4 is 9.80 Å². The van der Waals surface area contributed by atoms with Crippen molar-refractivity contribution in [2.45, 2.75) is 19.3 Å². The van der Waals surface area contributed by atoms with Crippen molar-refractivity contribution in [1.29, 1.82) is 0 Å². The van der Waals surface area contributed by atoms with Gasteiger partial charge >= 0.3 is 0 Å². The number of morpholine rings is 1. The third-order valence-electron chi connectivity index (χ3n) is 5.62. The highest BCUT2D eigenvalue weighted by atomic mass is 16.5. The number of carbonyl (C=O) groups excluding carboxylic acids is 1. The molecule has 0 atom stereocenters. The summed E-state index contributed by atoms with van der Waals surface area (Å²) in [6.45, 7) is 4.77. The molecule has 2 aliphatic rings. The lowest BCUT2D eigenvalue weighted by atomic mass is 10.1. The molecule has 2 fully saturated rings. The molecule has 2 aliphatic heterocycles. The first-order chi connectivity index (χ1) is 14.3. The van der Waals surface area contributed by atoms with Gasteiger partial charge < -0.3 is 14.5 Å². The molecule has 0 unspecified atom stereocenters. The normalized spacial score (nSPS) is 17.7. The maximum atomic E-state index is 11.6. The predicted octanol–water partition coefficient (Wildman–Crippen LogP) is 2.45. The number of aromatic nitrogens is 4. The first-order valence-electron chi connectivity index (χ1n) is 10.2. The Morgan fingerprint density at radius 2 is 1.48 bits per heavy atom. The standard InChI is InChI=1S/C21H24N6O2/c28-15-16-14-27(18-7-3-2-6-17(16)18)21-23-19(25-8-4-1-5-9-25)22-20(24-21)26-10-12-29-13-11-26/h2-3,6-7,14-15H,1,4-5,8-13H2. The Morgan fingerprint density at radius 3 is 2.21 bits per heavy atom. The van der Waals surface area contributed by atoms with Crippen LogP contribution in [0.2, 0.25) is 0 Å². The lowest BCUT2D eigenvalue weighted by Gasteiger charge is -2.30. The number of fused-ring (bicyclic) bond motifs is 1. The van der Waals surface area contributed by atoms with E-state index in [9.17, 15) is 4.79 Å². The molecule has 3 aromatic rings. The van der Waals surface area contributed by atoms with Crippen LogP contribution in [0.1, 0.15) is 29.6 Å². The van der Waals surface area contributed by atoms with E-state index >= 15 is 0 Å². The van der Waals surface area contributed by atoms with Crippen molar-refractivity contribution in [3.8, 4) is 5.95 Å². The van der Waals surface area contributed by atoms with Crippen molar-refractivity contribution in [3.05, 3.63) is 36.0 Å². The number of benzene rings is 1. The largest absolute Gasteiger partial charge is 0.378 e. The van der Waals surface area contributed by atoms with Gasteiger partial charge in [0.1, 0.15) is 0 Å². The minimum absolute atomic E-state index is 0.548. The zero-order valence-electron chi connectivity index (χ0n) is 16.3. The first-order valence-corrected chi connectivity index (χ1v) is 10.2. The summed E-state index contributed by atoms with van der Waals surface area (Å²) < 4.78 is 7.39. The van der Waals surface area contributed by atoms with Crippen molar-refractivity contribution >= 4 is 29.1 Å². The van der Waals surface area contributed by atoms with Gasteiger partial charge in [-0.15, -0.1) is 0 Å². The summed E-state index contributed by atoms with van der Waals surface area (Å²) in [6.07, 6.45) is 6.24. The van der Waals surface area contributed by atoms with Gasteiger partial charge in [-0.2, -0.15) is 15.0 Å². The number of hydrogen-bond acceptors (Lipinski definition) is 7. The maximum absolute atomic E-state index is 11.6. The number of rotatable bonds is 4. The molecule has 0 radical (unpaired) electrons. The van der Waals surface area contributed by atoms with Crippen LogP contribution in [0.25, 0.3) is 16.9 Å². The van der Waals surface area contributed by atoms with Crippen molar-refractivity contribution in [3.63, 3.8) is 0 Å². The number of piperidine rings is 1. The van der Waals surface area contributed by atoms with E-state index in [1.54, 1.807) is 0 Å². The molecule has 0 aliphatic carbocycles. The van der Waals surface area contributed by atoms with Crippen molar-refractivity contribution < 1.29 is 9.53 Å². The number of para-hydroxylation sites is 1. The van der Waals surface area contributed by atoms with Gasteiger partial charge in [0, 0.05) is 43.3 Å². The smallest absolute Gasteiger partial charge is 0.240 e. The average Bonchev–Trinajstić information content (AvgIpc) is 3.19. The van der Waals surface area contributed by atoms with E-state index in [4.69, 9.17) is 19.7 Å². The molecule has 1 aromatic carbocycles. The summed E-state index contributed by atoms with van der Waals surface area (Å²) in [4.78, 5) is 30.4. The second-order valence-corrected chi connectivity index (χ2v) is 7.47. The van der Waals surface area contributed by atoms with Crippen molar-refractivity contribution in [1.82, 2.24) is 19.5 Å². The number of hydrogen-bond donors (Lipinski definition) is 0. The lowest BCUT2D eigenvalue weighted by Crippen LogP contribution is -2.38. The molecule has 4 heterocycles. The molecule has 8 heteroatoms. The summed E-state index contributed by atoms with van der Waals surface area (Å²) in [5.74, 6) is 1.93. The molecule has 0 bridgehead atoms. The molecule has 2 saturated heterocycles. The number of carbonyl (C=O) groups is 1. The maximum Gasteiger partial charge on any atom is 0.240 e. The Bertz CT molecular complexity index is 985. The third kappa shape index (κ3) is 3.44. The topological polar surface area (TPSA) is 76.4 Å². The van der Waals surface area contributed by atoms with E-state index in [-0.39, 0.29) is 0 Å². The van der Waals surface area contributed by atoms with Gasteiger partial charge in [-0.3, -0.25) is 9.36 Å². The Kier molecular flexibility index (Phi) is 4.85. The molecule has 29 heavy (non-hydrogen) atoms. The van der Waals surface area contributed by atoms with E-state index in [1.165, 1.54) is 6.42 Å². The van der Waals surface area contributed by atoms with Crippen LogP contribution in [0.3, 0.4) is 0 Å². The summed E-state index contributed by atoms with van der Waals surface area (Å²) >= 11 is 0. The van der Waals surface area contributed by atoms with Gasteiger partial charge in [0.25, 0.3) is 0 Å². The Morgan fingerprint density at radius 1 is 0.828 bits per heavy atom. The minimum Gasteiger partial charge on any atom is -0.378 e. The van der Waals surface area contributed by atoms with E-state index in [0.29, 0.717) is 36.6 Å². The Hall–Kier alpha value is -3.00. The van der Waals surface area contributed by atoms with Crippen LogP contribution >= 0.6 is 0 Å². The monoisotopic (exact) mass is 392 g/mol. The summed E-state index contributed by atoms with van der Waals surface area (Å²) in [5.41, 5.74) is 1.55. The Labute approximate surface area is 169 Å². The molecule has 8 nitrogen and oxygen atoms in total. The third-order valence-corrected chi connectivity index (χ3v) is 5.62. The number of nitrogens with zero attached hydrogens (tertiary/aromatic N) is 6. The van der Waals surface area contributed by atoms with Gasteiger partial charge in [-0.05, 0) is 25.3 Å². The van der Waals surface area contributed by atoms with Gasteiger partial charge in [-0.25, -0.2) is 0 Å². The van der Waals surface area contributed by atoms with Crippen LogP contribution in [-0.4, -0.2) is 65.2 Å². The minimum atomic E-state index is 0.548. The molecule has 5 rings (SSSR count). The van der Waals surface area contributed by atoms with Crippen LogP contribution in [0, 0.1) is 0 Å². The summed E-state index contributed by atoms with van der Waals surface area (Å²) in [5, 5.41) is 0.898. The fourth-order valence-electron chi connectivity index (χ4n) is 4.06. The number of ether oxygens (including phenoxy) is 1. The number of anilines is 2. The van der Waals surface area contributed by atoms with Crippen molar-refractivity contribution in [2.24, 2.45) is 0 Å². The molecular formula is C21H24N6O2. The van der Waals surface area contributed by atoms with Gasteiger partial charge in [0.05, 0.1) is 18.7 Å². The second-order valence-electron chi connectivity index (χ2n) is 7.47. The van der Waals surface area contributed by atoms with Crippen LogP contribution in [-0.2, 0) is 4.74 Å². The molecule has 0 spiro atoms. The fourth-order valence-corrected chi connectivity index (χ4v) is 4.06. The highest BCUT2D eigenvalue weighted by Gasteiger charge is 2.22. The zero-order valence-corrected chi connectivity index (χ0v) is 16.3. The zero-order chi connectivity index (χ0) is 19.6. The molecule has 0 N–H and O–H groups in total. The van der Waals surface area contributed by atoms with E-state index in [2.05, 4.69) is 9.80 Å². The summed E-state index contributed by atoms with van der Waals surface area (Å²) in [7, 11) is 0. The van der Waals surface area contributed by atoms with E-state index < -0.39 is 0 Å². The average molecular weight is 392 g/mol. The SMILES string of the molecule is O=Cc1cn(-c2nc(N3CCCCC3)nc(N3CCOCC3)n2)c2ccccc12. The van der Waals surface area contributed by atoms with Gasteiger partial charge in [-0.1, -0.05) is 18.2 Å². The second kappa shape index (κ2) is 7.79. The molecular weight excluding hydrogens is 368 g/mol. The molecule has 2 aromatic heterocycles. The lowest BCUT2D eigenvalue weighted by molar-refractivity contribution is 0.112. The predicted molar refractivity (Wildman–Crippen MR) is 111 cm³/mol. The number of aldehydes is 1. The van der Waals surface area contributed by atoms with E-state index in [1.807, 2.05) is 35.0 Å². The quantitative estimate of drug-likeness (QED) is 0.631. The molecule has 150 valence electrons. The fraction of sp³-hybridized carbons (Fsp3) is 0.429. The van der Waals surface area contributed by atoms with Gasteiger partial charge in [0.15, 0.2) is 6.29 Å². The highest BCUT2D eigenvalue weighted by molar-refractivity contribution is 5.98. The first kappa shape index (κ1) is 18.1. The van der Waals surface area contributed by atoms with Crippen LogP contribution in [0.15, 0.2) is 30.5 Å². The molecule has 0 amide bonds. The van der Waals surface area contributed by atoms with Gasteiger partial charge in [0.2, 0.25) is 17.8 Å². The van der Waals surface area contributed by atoms with E-state index in [0.717, 1.165) is 56.2 Å². The molecule has 0 saturated carbocycles. The summed E-state index contributed by atoms with van der Waals surface area (Å²) in [6, 6.07) is 7.83.